The predicted octanol–water partition coefficient (Wildman–Crippen LogP) is 2.62. The van der Waals surface area contributed by atoms with Crippen LogP contribution in [0, 0.1) is 0 Å². The molecule has 2 aromatic heterocycles. The summed E-state index contributed by atoms with van der Waals surface area (Å²) in [5, 5.41) is 16.7. The van der Waals surface area contributed by atoms with E-state index in [-0.39, 0.29) is 18.5 Å². The van der Waals surface area contributed by atoms with E-state index in [4.69, 9.17) is 0 Å². The fraction of sp³-hybridized carbons (Fsp3) is 0.444. The van der Waals surface area contributed by atoms with Crippen molar-refractivity contribution in [3.05, 3.63) is 42.6 Å². The van der Waals surface area contributed by atoms with Gasteiger partial charge in [-0.15, -0.1) is 10.2 Å². The number of nitrogens with zero attached hydrogens (tertiary/aromatic N) is 5. The summed E-state index contributed by atoms with van der Waals surface area (Å²) in [6, 6.07) is 8.15. The van der Waals surface area contributed by atoms with Crippen LogP contribution in [0.1, 0.15) is 50.5 Å². The molecule has 0 unspecified atom stereocenters. The Balaban J connectivity index is 1.45. The van der Waals surface area contributed by atoms with Crippen LogP contribution in [0.3, 0.4) is 0 Å². The molecule has 4 rings (SSSR count). The van der Waals surface area contributed by atoms with E-state index in [1.54, 1.807) is 17.2 Å². The Kier molecular flexibility index (Phi) is 4.21. The lowest BCUT2D eigenvalue weighted by atomic mass is 10.2. The Morgan fingerprint density at radius 2 is 2.12 bits per heavy atom. The zero-order valence-corrected chi connectivity index (χ0v) is 14.3. The molecule has 0 bridgehead atoms. The molecule has 25 heavy (non-hydrogen) atoms. The molecule has 130 valence electrons. The van der Waals surface area contributed by atoms with Crippen molar-refractivity contribution in [2.45, 2.75) is 51.2 Å². The summed E-state index contributed by atoms with van der Waals surface area (Å²) in [7, 11) is 0. The number of aromatic nitrogens is 5. The zero-order valence-electron chi connectivity index (χ0n) is 14.3. The molecule has 0 saturated heterocycles. The number of carbonyl (C=O) groups is 1. The number of hydrogen-bond donors (Lipinski definition) is 1. The second-order valence-corrected chi connectivity index (χ2v) is 6.68. The van der Waals surface area contributed by atoms with Gasteiger partial charge >= 0.3 is 0 Å². The highest BCUT2D eigenvalue weighted by Crippen LogP contribution is 2.31. The second-order valence-electron chi connectivity index (χ2n) is 6.68. The van der Waals surface area contributed by atoms with Gasteiger partial charge in [-0.05, 0) is 25.8 Å². The first kappa shape index (κ1) is 15.8. The van der Waals surface area contributed by atoms with Gasteiger partial charge in [0.1, 0.15) is 12.9 Å². The van der Waals surface area contributed by atoms with Crippen molar-refractivity contribution in [3.63, 3.8) is 0 Å². The zero-order chi connectivity index (χ0) is 17.2. The number of amides is 1. The number of nitrogens with one attached hydrogen (secondary N) is 1. The minimum Gasteiger partial charge on any atom is -0.345 e. The fourth-order valence-corrected chi connectivity index (χ4v) is 3.66. The summed E-state index contributed by atoms with van der Waals surface area (Å²) >= 11 is 0. The number of rotatable bonds is 5. The van der Waals surface area contributed by atoms with Crippen LogP contribution in [-0.4, -0.2) is 30.5 Å². The van der Waals surface area contributed by atoms with Crippen LogP contribution in [0.5, 0.6) is 0 Å². The molecule has 1 aromatic carbocycles. The number of benzene rings is 1. The highest BCUT2D eigenvalue weighted by atomic mass is 16.2. The monoisotopic (exact) mass is 338 g/mol. The molecule has 0 aliphatic heterocycles. The molecule has 0 radical (unpaired) electrons. The lowest BCUT2D eigenvalue weighted by Gasteiger charge is -2.18. The second kappa shape index (κ2) is 6.66. The van der Waals surface area contributed by atoms with Crippen LogP contribution in [0.15, 0.2) is 36.8 Å². The van der Waals surface area contributed by atoms with E-state index in [2.05, 4.69) is 25.2 Å². The average molecular weight is 338 g/mol. The van der Waals surface area contributed by atoms with Crippen LogP contribution in [0.4, 0.5) is 0 Å². The molecule has 7 heteroatoms. The molecule has 1 aliphatic carbocycles. The maximum absolute atomic E-state index is 12.5. The van der Waals surface area contributed by atoms with Crippen molar-refractivity contribution in [1.82, 2.24) is 29.9 Å². The Bertz CT molecular complexity index is 876. The standard InChI is InChI=1S/C18H22N6O/c1-13(18-22-19-12-23(18)15-7-3-4-8-15)21-17(25)11-24-16-9-5-2-6-14(16)10-20-24/h2,5-6,9-10,12-13,15H,3-4,7-8,11H2,1H3,(H,21,25)/t13-/m1/s1. The van der Waals surface area contributed by atoms with E-state index >= 15 is 0 Å². The van der Waals surface area contributed by atoms with Gasteiger partial charge in [0.15, 0.2) is 5.82 Å². The minimum atomic E-state index is -0.183. The molecular formula is C18H22N6O. The van der Waals surface area contributed by atoms with Gasteiger partial charge < -0.3 is 9.88 Å². The van der Waals surface area contributed by atoms with Gasteiger partial charge in [-0.1, -0.05) is 31.0 Å². The van der Waals surface area contributed by atoms with E-state index in [1.165, 1.54) is 12.8 Å². The van der Waals surface area contributed by atoms with Gasteiger partial charge in [0.2, 0.25) is 5.91 Å². The molecule has 7 nitrogen and oxygen atoms in total. The third kappa shape index (κ3) is 3.14. The number of hydrogen-bond acceptors (Lipinski definition) is 4. The Hall–Kier alpha value is -2.70. The predicted molar refractivity (Wildman–Crippen MR) is 93.8 cm³/mol. The molecule has 1 amide bonds. The van der Waals surface area contributed by atoms with Crippen molar-refractivity contribution in [3.8, 4) is 0 Å². The Morgan fingerprint density at radius 1 is 1.32 bits per heavy atom. The molecule has 1 fully saturated rings. The topological polar surface area (TPSA) is 77.6 Å². The number of fused-ring (bicyclic) bond motifs is 1. The summed E-state index contributed by atoms with van der Waals surface area (Å²) in [6.45, 7) is 2.14. The van der Waals surface area contributed by atoms with Crippen molar-refractivity contribution in [2.24, 2.45) is 0 Å². The summed E-state index contributed by atoms with van der Waals surface area (Å²) in [5.41, 5.74) is 0.958. The van der Waals surface area contributed by atoms with Crippen molar-refractivity contribution in [2.75, 3.05) is 0 Å². The number of carbonyl (C=O) groups excluding carboxylic acids is 1. The third-order valence-electron chi connectivity index (χ3n) is 4.93. The molecule has 1 N–H and O–H groups in total. The van der Waals surface area contributed by atoms with E-state index in [0.29, 0.717) is 6.04 Å². The van der Waals surface area contributed by atoms with Crippen LogP contribution < -0.4 is 5.32 Å². The first-order valence-electron chi connectivity index (χ1n) is 8.81. The Labute approximate surface area is 146 Å². The third-order valence-corrected chi connectivity index (χ3v) is 4.93. The van der Waals surface area contributed by atoms with Gasteiger partial charge in [0.25, 0.3) is 0 Å². The van der Waals surface area contributed by atoms with E-state index in [9.17, 15) is 4.79 Å². The molecule has 2 heterocycles. The smallest absolute Gasteiger partial charge is 0.242 e. The van der Waals surface area contributed by atoms with Gasteiger partial charge in [0, 0.05) is 11.4 Å². The van der Waals surface area contributed by atoms with Gasteiger partial charge in [-0.25, -0.2) is 0 Å². The number of para-hydroxylation sites is 1. The van der Waals surface area contributed by atoms with Gasteiger partial charge in [-0.2, -0.15) is 5.10 Å². The highest BCUT2D eigenvalue weighted by molar-refractivity contribution is 5.82. The summed E-state index contributed by atoms with van der Waals surface area (Å²) in [5.74, 6) is 0.743. The van der Waals surface area contributed by atoms with Gasteiger partial charge in [0.05, 0.1) is 17.8 Å². The van der Waals surface area contributed by atoms with Crippen LogP contribution >= 0.6 is 0 Å². The molecule has 0 spiro atoms. The normalized spacial score (nSPS) is 16.4. The van der Waals surface area contributed by atoms with Crippen LogP contribution in [-0.2, 0) is 11.3 Å². The van der Waals surface area contributed by atoms with Gasteiger partial charge in [-0.3, -0.25) is 9.48 Å². The molecule has 1 aliphatic rings. The highest BCUT2D eigenvalue weighted by Gasteiger charge is 2.23. The summed E-state index contributed by atoms with van der Waals surface area (Å²) < 4.78 is 3.85. The van der Waals surface area contributed by atoms with Crippen LogP contribution in [0.2, 0.25) is 0 Å². The van der Waals surface area contributed by atoms with E-state index < -0.39 is 0 Å². The minimum absolute atomic E-state index is 0.0812. The van der Waals surface area contributed by atoms with Crippen molar-refractivity contribution >= 4 is 16.8 Å². The summed E-state index contributed by atoms with van der Waals surface area (Å²) in [4.78, 5) is 12.5. The molecule has 1 saturated carbocycles. The first-order chi connectivity index (χ1) is 12.2. The first-order valence-corrected chi connectivity index (χ1v) is 8.81. The lowest BCUT2D eigenvalue weighted by molar-refractivity contribution is -0.122. The molecule has 1 atom stereocenters. The molecular weight excluding hydrogens is 316 g/mol. The lowest BCUT2D eigenvalue weighted by Crippen LogP contribution is -2.32. The summed E-state index contributed by atoms with van der Waals surface area (Å²) in [6.07, 6.45) is 8.37. The fourth-order valence-electron chi connectivity index (χ4n) is 3.66. The largest absolute Gasteiger partial charge is 0.345 e. The van der Waals surface area contributed by atoms with E-state index in [0.717, 1.165) is 29.6 Å². The Morgan fingerprint density at radius 3 is 2.96 bits per heavy atom. The maximum Gasteiger partial charge on any atom is 0.242 e. The van der Waals surface area contributed by atoms with Crippen molar-refractivity contribution in [1.29, 1.82) is 0 Å². The maximum atomic E-state index is 12.5. The average Bonchev–Trinajstić information content (AvgIpc) is 3.35. The van der Waals surface area contributed by atoms with Crippen molar-refractivity contribution < 1.29 is 4.79 Å². The molecule has 3 aromatic rings. The van der Waals surface area contributed by atoms with E-state index in [1.807, 2.05) is 31.2 Å². The van der Waals surface area contributed by atoms with Crippen LogP contribution in [0.25, 0.3) is 10.9 Å². The SMILES string of the molecule is C[C@@H](NC(=O)Cn1ncc2ccccc21)c1nncn1C1CCCC1. The quantitative estimate of drug-likeness (QED) is 0.776.